The van der Waals surface area contributed by atoms with Crippen molar-refractivity contribution in [3.8, 4) is 23.0 Å². The topological polar surface area (TPSA) is 135 Å². The Morgan fingerprint density at radius 2 is 1.92 bits per heavy atom. The second-order valence-electron chi connectivity index (χ2n) is 9.82. The molecule has 39 heavy (non-hydrogen) atoms. The van der Waals surface area contributed by atoms with Crippen molar-refractivity contribution in [1.82, 2.24) is 30.0 Å². The van der Waals surface area contributed by atoms with Crippen LogP contribution in [0, 0.1) is 12.7 Å². The summed E-state index contributed by atoms with van der Waals surface area (Å²) in [6, 6.07) is 6.86. The minimum atomic E-state index is -4.17. The van der Waals surface area contributed by atoms with Gasteiger partial charge in [0.2, 0.25) is 5.88 Å². The Morgan fingerprint density at radius 1 is 1.15 bits per heavy atom. The van der Waals surface area contributed by atoms with Crippen LogP contribution in [0.5, 0.6) is 11.6 Å². The van der Waals surface area contributed by atoms with E-state index in [0.29, 0.717) is 28.2 Å². The van der Waals surface area contributed by atoms with Crippen LogP contribution in [-0.2, 0) is 10.0 Å². The van der Waals surface area contributed by atoms with Crippen molar-refractivity contribution in [2.24, 2.45) is 0 Å². The van der Waals surface area contributed by atoms with Crippen LogP contribution in [-0.4, -0.2) is 70.8 Å². The number of hydrogen-bond donors (Lipinski definition) is 2. The zero-order valence-corrected chi connectivity index (χ0v) is 22.9. The van der Waals surface area contributed by atoms with Crippen molar-refractivity contribution in [2.45, 2.75) is 50.8 Å². The number of rotatable bonds is 8. The van der Waals surface area contributed by atoms with Gasteiger partial charge in [-0.3, -0.25) is 9.82 Å². The van der Waals surface area contributed by atoms with Crippen molar-refractivity contribution >= 4 is 26.7 Å². The van der Waals surface area contributed by atoms with Gasteiger partial charge in [0.15, 0.2) is 16.5 Å². The maximum atomic E-state index is 15.2. The van der Waals surface area contributed by atoms with Crippen molar-refractivity contribution in [1.29, 1.82) is 0 Å². The summed E-state index contributed by atoms with van der Waals surface area (Å²) in [5, 5.41) is 7.55. The zero-order chi connectivity index (χ0) is 27.7. The number of pyridine rings is 1. The predicted molar refractivity (Wildman–Crippen MR) is 144 cm³/mol. The highest BCUT2D eigenvalue weighted by Crippen LogP contribution is 2.31. The molecule has 11 nitrogen and oxygen atoms in total. The van der Waals surface area contributed by atoms with Gasteiger partial charge in [0.25, 0.3) is 10.0 Å². The highest BCUT2D eigenvalue weighted by molar-refractivity contribution is 7.92. The van der Waals surface area contributed by atoms with Crippen molar-refractivity contribution < 1.29 is 22.3 Å². The normalized spacial score (nSPS) is 15.1. The Kier molecular flexibility index (Phi) is 7.36. The van der Waals surface area contributed by atoms with Gasteiger partial charge in [0, 0.05) is 36.6 Å². The van der Waals surface area contributed by atoms with E-state index < -0.39 is 15.8 Å². The second-order valence-corrected chi connectivity index (χ2v) is 11.4. The van der Waals surface area contributed by atoms with Crippen LogP contribution in [0.2, 0.25) is 0 Å². The summed E-state index contributed by atoms with van der Waals surface area (Å²) in [4.78, 5) is 15.2. The van der Waals surface area contributed by atoms with Gasteiger partial charge in [-0.15, -0.1) is 0 Å². The lowest BCUT2D eigenvalue weighted by molar-refractivity contribution is 0.111. The smallest absolute Gasteiger partial charge is 0.279 e. The maximum absolute atomic E-state index is 15.2. The summed E-state index contributed by atoms with van der Waals surface area (Å²) >= 11 is 0. The van der Waals surface area contributed by atoms with E-state index in [1.54, 1.807) is 6.07 Å². The summed E-state index contributed by atoms with van der Waals surface area (Å²) in [5.41, 5.74) is 1.28. The van der Waals surface area contributed by atoms with Crippen LogP contribution < -0.4 is 14.2 Å². The monoisotopic (exact) mass is 555 g/mol. The summed E-state index contributed by atoms with van der Waals surface area (Å²) in [6.45, 7) is 7.34. The number of aryl methyl sites for hydroxylation is 1. The average molecular weight is 556 g/mol. The van der Waals surface area contributed by atoms with E-state index in [9.17, 15) is 8.42 Å². The molecule has 0 saturated carbocycles. The third-order valence-electron chi connectivity index (χ3n) is 6.33. The van der Waals surface area contributed by atoms with E-state index >= 15 is 4.39 Å². The van der Waals surface area contributed by atoms with Crippen molar-refractivity contribution in [3.63, 3.8) is 0 Å². The number of piperidine rings is 1. The molecule has 0 aliphatic carbocycles. The van der Waals surface area contributed by atoms with Crippen LogP contribution in [0.1, 0.15) is 32.4 Å². The molecular weight excluding hydrogens is 525 g/mol. The molecule has 4 heterocycles. The largest absolute Gasteiger partial charge is 0.491 e. The SMILES string of the molecule is Cc1[nH]nc2nc(-c3ccc(NS(=O)(=O)c4cc(OC(C)C)ccn4)c(F)c3)nc(OC3CCN(C)CC3)c12. The van der Waals surface area contributed by atoms with Gasteiger partial charge in [-0.05, 0) is 64.9 Å². The molecule has 1 aromatic carbocycles. The molecule has 0 atom stereocenters. The number of H-pyrrole nitrogens is 1. The van der Waals surface area contributed by atoms with Crippen molar-refractivity contribution in [2.75, 3.05) is 24.9 Å². The second kappa shape index (κ2) is 10.7. The van der Waals surface area contributed by atoms with Crippen LogP contribution in [0.3, 0.4) is 0 Å². The Hall–Kier alpha value is -3.84. The number of halogens is 1. The highest BCUT2D eigenvalue weighted by Gasteiger charge is 2.23. The number of hydrogen-bond acceptors (Lipinski definition) is 9. The number of aromatic nitrogens is 5. The Bertz CT molecular complexity index is 1600. The van der Waals surface area contributed by atoms with Gasteiger partial charge >= 0.3 is 0 Å². The van der Waals surface area contributed by atoms with E-state index in [4.69, 9.17) is 9.47 Å². The number of fused-ring (bicyclic) bond motifs is 1. The molecule has 5 rings (SSSR count). The predicted octanol–water partition coefficient (Wildman–Crippen LogP) is 3.92. The first-order valence-electron chi connectivity index (χ1n) is 12.6. The fraction of sp³-hybridized carbons (Fsp3) is 0.385. The third-order valence-corrected chi connectivity index (χ3v) is 7.59. The van der Waals surface area contributed by atoms with Gasteiger partial charge in [-0.1, -0.05) is 0 Å². The number of ether oxygens (including phenoxy) is 2. The summed E-state index contributed by atoms with van der Waals surface area (Å²) in [7, 11) is -2.10. The molecule has 3 aromatic heterocycles. The first-order valence-corrected chi connectivity index (χ1v) is 14.1. The molecule has 0 bridgehead atoms. The van der Waals surface area contributed by atoms with Gasteiger partial charge in [0.05, 0.1) is 11.8 Å². The molecule has 1 fully saturated rings. The van der Waals surface area contributed by atoms with E-state index in [1.165, 1.54) is 30.5 Å². The number of likely N-dealkylation sites (tertiary alicyclic amines) is 1. The standard InChI is InChI=1S/C26H30FN7O4S/c1-15(2)37-19-7-10-28-22(14-19)39(35,36)33-21-6-5-17(13-20(21)27)24-29-25-23(16(3)31-32-25)26(30-24)38-18-8-11-34(4)12-9-18/h5-7,10,13-15,18,33H,8-9,11-12H2,1-4H3,(H,29,30,31,32). The molecule has 13 heteroatoms. The molecule has 0 spiro atoms. The number of nitrogens with one attached hydrogen (secondary N) is 2. The average Bonchev–Trinajstić information content (AvgIpc) is 3.27. The zero-order valence-electron chi connectivity index (χ0n) is 22.1. The summed E-state index contributed by atoms with van der Waals surface area (Å²) in [5.74, 6) is 0.141. The fourth-order valence-corrected chi connectivity index (χ4v) is 5.35. The van der Waals surface area contributed by atoms with E-state index in [-0.39, 0.29) is 28.7 Å². The van der Waals surface area contributed by atoms with Crippen LogP contribution in [0.15, 0.2) is 41.6 Å². The quantitative estimate of drug-likeness (QED) is 0.332. The summed E-state index contributed by atoms with van der Waals surface area (Å²) in [6.07, 6.45) is 2.88. The molecule has 1 aliphatic rings. The molecule has 206 valence electrons. The molecule has 0 amide bonds. The summed E-state index contributed by atoms with van der Waals surface area (Å²) < 4.78 is 55.1. The van der Waals surface area contributed by atoms with Gasteiger partial charge in [-0.25, -0.2) is 14.4 Å². The number of benzene rings is 1. The van der Waals surface area contributed by atoms with E-state index in [2.05, 4.69) is 41.8 Å². The van der Waals surface area contributed by atoms with Crippen molar-refractivity contribution in [3.05, 3.63) is 48.0 Å². The highest BCUT2D eigenvalue weighted by atomic mass is 32.2. The molecule has 2 N–H and O–H groups in total. The Balaban J connectivity index is 1.42. The van der Waals surface area contributed by atoms with Gasteiger partial charge in [0.1, 0.15) is 23.1 Å². The lowest BCUT2D eigenvalue weighted by atomic mass is 10.1. The van der Waals surface area contributed by atoms with Crippen LogP contribution in [0.25, 0.3) is 22.4 Å². The molecule has 1 aliphatic heterocycles. The fourth-order valence-electron chi connectivity index (χ4n) is 4.32. The van der Waals surface area contributed by atoms with Crippen LogP contribution >= 0.6 is 0 Å². The van der Waals surface area contributed by atoms with Gasteiger partial charge in [-0.2, -0.15) is 18.5 Å². The lowest BCUT2D eigenvalue weighted by Crippen LogP contribution is -2.35. The molecular formula is C26H30FN7O4S. The third kappa shape index (κ3) is 5.93. The van der Waals surface area contributed by atoms with E-state index in [0.717, 1.165) is 31.6 Å². The minimum Gasteiger partial charge on any atom is -0.491 e. The maximum Gasteiger partial charge on any atom is 0.279 e. The first kappa shape index (κ1) is 26.8. The Morgan fingerprint density at radius 3 is 2.64 bits per heavy atom. The number of anilines is 1. The number of nitrogens with zero attached hydrogens (tertiary/aromatic N) is 5. The lowest BCUT2D eigenvalue weighted by Gasteiger charge is -2.29. The molecule has 0 unspecified atom stereocenters. The number of aromatic amines is 1. The number of sulfonamides is 1. The Labute approximate surface area is 225 Å². The molecule has 0 radical (unpaired) electrons. The van der Waals surface area contributed by atoms with E-state index in [1.807, 2.05) is 20.8 Å². The van der Waals surface area contributed by atoms with Gasteiger partial charge < -0.3 is 14.4 Å². The van der Waals surface area contributed by atoms with Crippen LogP contribution in [0.4, 0.5) is 10.1 Å². The minimum absolute atomic E-state index is 0.00646. The first-order chi connectivity index (χ1) is 18.6. The molecule has 4 aromatic rings. The molecule has 1 saturated heterocycles.